The molecule has 1 aliphatic rings. The SMILES string of the molecule is CCO[C@@H]1C[C@H]1C(=O)N(C(C)C)C(C)C. The first-order valence-corrected chi connectivity index (χ1v) is 5.92. The molecule has 0 saturated heterocycles. The largest absolute Gasteiger partial charge is 0.378 e. The number of carbonyl (C=O) groups is 1. The molecule has 1 saturated carbocycles. The van der Waals surface area contributed by atoms with Crippen LogP contribution in [0.3, 0.4) is 0 Å². The lowest BCUT2D eigenvalue weighted by Gasteiger charge is -2.31. The van der Waals surface area contributed by atoms with Crippen LogP contribution in [0.2, 0.25) is 0 Å². The Bertz CT molecular complexity index is 218. The van der Waals surface area contributed by atoms with Gasteiger partial charge in [-0.1, -0.05) is 0 Å². The second-order valence-corrected chi connectivity index (χ2v) is 4.77. The molecule has 0 unspecified atom stereocenters. The van der Waals surface area contributed by atoms with Gasteiger partial charge in [0.2, 0.25) is 5.91 Å². The third-order valence-electron chi connectivity index (χ3n) is 2.80. The summed E-state index contributed by atoms with van der Waals surface area (Å²) >= 11 is 0. The van der Waals surface area contributed by atoms with Gasteiger partial charge in [0, 0.05) is 18.7 Å². The molecule has 88 valence electrons. The van der Waals surface area contributed by atoms with Crippen molar-refractivity contribution in [3.05, 3.63) is 0 Å². The molecule has 0 aliphatic heterocycles. The Morgan fingerprint density at radius 3 is 2.27 bits per heavy atom. The van der Waals surface area contributed by atoms with Crippen LogP contribution >= 0.6 is 0 Å². The van der Waals surface area contributed by atoms with Crippen molar-refractivity contribution in [3.63, 3.8) is 0 Å². The van der Waals surface area contributed by atoms with Crippen LogP contribution in [0.1, 0.15) is 41.0 Å². The zero-order chi connectivity index (χ0) is 11.6. The minimum absolute atomic E-state index is 0.120. The highest BCUT2D eigenvalue weighted by molar-refractivity contribution is 5.82. The Balaban J connectivity index is 2.52. The molecule has 0 spiro atoms. The lowest BCUT2D eigenvalue weighted by atomic mass is 10.2. The van der Waals surface area contributed by atoms with Crippen LogP contribution in [0, 0.1) is 5.92 Å². The Hall–Kier alpha value is -0.570. The van der Waals surface area contributed by atoms with Crippen LogP contribution in [0.25, 0.3) is 0 Å². The molecule has 2 atom stereocenters. The van der Waals surface area contributed by atoms with Gasteiger partial charge in [-0.3, -0.25) is 4.79 Å². The van der Waals surface area contributed by atoms with E-state index < -0.39 is 0 Å². The summed E-state index contributed by atoms with van der Waals surface area (Å²) in [6.45, 7) is 10.9. The molecule has 3 heteroatoms. The third-order valence-corrected chi connectivity index (χ3v) is 2.80. The van der Waals surface area contributed by atoms with Crippen LogP contribution in [0.5, 0.6) is 0 Å². The average molecular weight is 213 g/mol. The van der Waals surface area contributed by atoms with Gasteiger partial charge in [0.25, 0.3) is 0 Å². The monoisotopic (exact) mass is 213 g/mol. The summed E-state index contributed by atoms with van der Waals surface area (Å²) in [7, 11) is 0. The summed E-state index contributed by atoms with van der Waals surface area (Å²) in [6.07, 6.45) is 1.09. The zero-order valence-corrected chi connectivity index (χ0v) is 10.5. The molecule has 1 rings (SSSR count). The number of hydrogen-bond donors (Lipinski definition) is 0. The predicted molar refractivity (Wildman–Crippen MR) is 60.6 cm³/mol. The van der Waals surface area contributed by atoms with Crippen molar-refractivity contribution in [3.8, 4) is 0 Å². The number of amides is 1. The number of nitrogens with zero attached hydrogens (tertiary/aromatic N) is 1. The van der Waals surface area contributed by atoms with Crippen molar-refractivity contribution in [2.45, 2.75) is 59.2 Å². The maximum Gasteiger partial charge on any atom is 0.228 e. The number of carbonyl (C=O) groups excluding carboxylic acids is 1. The lowest BCUT2D eigenvalue weighted by Crippen LogP contribution is -2.43. The molecule has 1 fully saturated rings. The summed E-state index contributed by atoms with van der Waals surface area (Å²) in [5, 5.41) is 0. The Kier molecular flexibility index (Phi) is 4.14. The first-order chi connectivity index (χ1) is 6.99. The smallest absolute Gasteiger partial charge is 0.228 e. The standard InChI is InChI=1S/C12H23NO2/c1-6-15-11-7-10(11)12(14)13(8(2)3)9(4)5/h8-11H,6-7H2,1-5H3/t10-,11-/m1/s1. The highest BCUT2D eigenvalue weighted by atomic mass is 16.5. The second-order valence-electron chi connectivity index (χ2n) is 4.77. The quantitative estimate of drug-likeness (QED) is 0.699. The van der Waals surface area contributed by atoms with Gasteiger partial charge in [0.05, 0.1) is 12.0 Å². The lowest BCUT2D eigenvalue weighted by molar-refractivity contribution is -0.137. The van der Waals surface area contributed by atoms with E-state index in [0.717, 1.165) is 6.42 Å². The maximum atomic E-state index is 12.1. The van der Waals surface area contributed by atoms with E-state index in [0.29, 0.717) is 6.61 Å². The number of hydrogen-bond acceptors (Lipinski definition) is 2. The molecule has 1 aliphatic carbocycles. The van der Waals surface area contributed by atoms with Crippen LogP contribution in [-0.2, 0) is 9.53 Å². The summed E-state index contributed by atoms with van der Waals surface area (Å²) in [6, 6.07) is 0.556. The molecule has 0 radical (unpaired) electrons. The van der Waals surface area contributed by atoms with Gasteiger partial charge in [-0.15, -0.1) is 0 Å². The molecule has 15 heavy (non-hydrogen) atoms. The minimum Gasteiger partial charge on any atom is -0.378 e. The van der Waals surface area contributed by atoms with Gasteiger partial charge in [-0.2, -0.15) is 0 Å². The van der Waals surface area contributed by atoms with Gasteiger partial charge in [-0.25, -0.2) is 0 Å². The number of ether oxygens (including phenoxy) is 1. The Morgan fingerprint density at radius 1 is 1.33 bits per heavy atom. The van der Waals surface area contributed by atoms with E-state index in [9.17, 15) is 4.79 Å². The Morgan fingerprint density at radius 2 is 1.87 bits per heavy atom. The van der Waals surface area contributed by atoms with E-state index in [1.165, 1.54) is 0 Å². The van der Waals surface area contributed by atoms with Crippen molar-refractivity contribution < 1.29 is 9.53 Å². The molecule has 1 amide bonds. The summed E-state index contributed by atoms with van der Waals surface area (Å²) in [5.41, 5.74) is 0. The van der Waals surface area contributed by atoms with Crippen LogP contribution in [0.15, 0.2) is 0 Å². The predicted octanol–water partition coefficient (Wildman–Crippen LogP) is 2.06. The minimum atomic E-state index is 0.120. The number of rotatable bonds is 5. The first kappa shape index (κ1) is 12.5. The topological polar surface area (TPSA) is 29.5 Å². The van der Waals surface area contributed by atoms with Crippen molar-refractivity contribution in [1.29, 1.82) is 0 Å². The van der Waals surface area contributed by atoms with E-state index >= 15 is 0 Å². The normalized spacial score (nSPS) is 24.7. The van der Waals surface area contributed by atoms with E-state index in [2.05, 4.69) is 27.7 Å². The molecule has 0 heterocycles. The molecule has 0 N–H and O–H groups in total. The average Bonchev–Trinajstić information content (AvgIpc) is 2.82. The van der Waals surface area contributed by atoms with Gasteiger partial charge in [-0.05, 0) is 41.0 Å². The van der Waals surface area contributed by atoms with E-state index in [1.54, 1.807) is 0 Å². The molecule has 0 aromatic heterocycles. The Labute approximate surface area is 92.8 Å². The maximum absolute atomic E-state index is 12.1. The van der Waals surface area contributed by atoms with E-state index in [4.69, 9.17) is 4.74 Å². The van der Waals surface area contributed by atoms with E-state index in [-0.39, 0.29) is 30.0 Å². The van der Waals surface area contributed by atoms with Gasteiger partial charge in [0.15, 0.2) is 0 Å². The van der Waals surface area contributed by atoms with Crippen molar-refractivity contribution in [2.24, 2.45) is 5.92 Å². The summed E-state index contributed by atoms with van der Waals surface area (Å²) in [4.78, 5) is 14.1. The molecule has 3 nitrogen and oxygen atoms in total. The van der Waals surface area contributed by atoms with Gasteiger partial charge >= 0.3 is 0 Å². The molecular formula is C12H23NO2. The van der Waals surface area contributed by atoms with Crippen molar-refractivity contribution >= 4 is 5.91 Å². The third kappa shape index (κ3) is 2.94. The highest BCUT2D eigenvalue weighted by Gasteiger charge is 2.46. The summed E-state index contributed by atoms with van der Waals surface area (Å²) < 4.78 is 5.45. The first-order valence-electron chi connectivity index (χ1n) is 5.92. The van der Waals surface area contributed by atoms with Crippen LogP contribution in [0.4, 0.5) is 0 Å². The zero-order valence-electron chi connectivity index (χ0n) is 10.5. The molecular weight excluding hydrogens is 190 g/mol. The highest BCUT2D eigenvalue weighted by Crippen LogP contribution is 2.36. The second kappa shape index (κ2) is 4.97. The fraction of sp³-hybridized carbons (Fsp3) is 0.917. The van der Waals surface area contributed by atoms with Crippen molar-refractivity contribution in [2.75, 3.05) is 6.61 Å². The molecule has 0 aromatic rings. The van der Waals surface area contributed by atoms with Gasteiger partial charge in [0.1, 0.15) is 0 Å². The molecule has 0 aromatic carbocycles. The van der Waals surface area contributed by atoms with Crippen LogP contribution in [-0.4, -0.2) is 35.6 Å². The van der Waals surface area contributed by atoms with E-state index in [1.807, 2.05) is 11.8 Å². The van der Waals surface area contributed by atoms with Gasteiger partial charge < -0.3 is 9.64 Å². The fourth-order valence-electron chi connectivity index (χ4n) is 2.13. The van der Waals surface area contributed by atoms with Crippen molar-refractivity contribution in [1.82, 2.24) is 4.90 Å². The van der Waals surface area contributed by atoms with Crippen LogP contribution < -0.4 is 0 Å². The summed E-state index contributed by atoms with van der Waals surface area (Å²) in [5.74, 6) is 0.383. The molecule has 0 bridgehead atoms. The fourth-order valence-corrected chi connectivity index (χ4v) is 2.13.